The van der Waals surface area contributed by atoms with Gasteiger partial charge >= 0.3 is 6.03 Å². The molecule has 3 amide bonds. The molecule has 0 aliphatic heterocycles. The van der Waals surface area contributed by atoms with E-state index >= 15 is 0 Å². The van der Waals surface area contributed by atoms with Crippen molar-refractivity contribution >= 4 is 40.6 Å². The van der Waals surface area contributed by atoms with Gasteiger partial charge in [0.15, 0.2) is 0 Å². The summed E-state index contributed by atoms with van der Waals surface area (Å²) in [6, 6.07) is 9.41. The second kappa shape index (κ2) is 6.96. The molecule has 0 saturated heterocycles. The Bertz CT molecular complexity index is 642. The Balaban J connectivity index is 1.82. The first kappa shape index (κ1) is 15.1. The third-order valence-electron chi connectivity index (χ3n) is 2.43. The molecule has 3 N–H and O–H groups in total. The monoisotopic (exact) mass is 325 g/mol. The van der Waals surface area contributed by atoms with Crippen molar-refractivity contribution in [2.24, 2.45) is 0 Å². The largest absolute Gasteiger partial charge is 0.497 e. The number of thiophene rings is 1. The van der Waals surface area contributed by atoms with E-state index in [9.17, 15) is 9.59 Å². The topological polar surface area (TPSA) is 79.5 Å². The molecule has 1 aromatic carbocycles. The summed E-state index contributed by atoms with van der Waals surface area (Å²) in [6.07, 6.45) is 0. The summed E-state index contributed by atoms with van der Waals surface area (Å²) in [6.45, 7) is 0. The number of anilines is 1. The van der Waals surface area contributed by atoms with Crippen molar-refractivity contribution < 1.29 is 14.3 Å². The van der Waals surface area contributed by atoms with Gasteiger partial charge in [-0.25, -0.2) is 10.2 Å². The average molecular weight is 326 g/mol. The van der Waals surface area contributed by atoms with Crippen LogP contribution in [0.3, 0.4) is 0 Å². The van der Waals surface area contributed by atoms with Crippen molar-refractivity contribution in [2.45, 2.75) is 0 Å². The number of urea groups is 1. The number of carbonyl (C=O) groups excluding carboxylic acids is 2. The number of benzene rings is 1. The van der Waals surface area contributed by atoms with Crippen LogP contribution in [0.1, 0.15) is 9.67 Å². The van der Waals surface area contributed by atoms with Gasteiger partial charge in [0.25, 0.3) is 5.91 Å². The highest BCUT2D eigenvalue weighted by Crippen LogP contribution is 2.20. The van der Waals surface area contributed by atoms with E-state index in [1.54, 1.807) is 43.5 Å². The standard InChI is InChI=1S/C13H12ClN3O3S/c1-20-9-4-2-8(3-5-9)15-13(19)17-16-12(18)10-6-7-11(14)21-10/h2-7H,1H3,(H,16,18)(H2,15,17,19). The molecule has 110 valence electrons. The Kier molecular flexibility index (Phi) is 5.02. The molecule has 2 rings (SSSR count). The smallest absolute Gasteiger partial charge is 0.337 e. The van der Waals surface area contributed by atoms with E-state index in [-0.39, 0.29) is 0 Å². The van der Waals surface area contributed by atoms with Crippen LogP contribution in [0.25, 0.3) is 0 Å². The highest BCUT2D eigenvalue weighted by molar-refractivity contribution is 7.17. The van der Waals surface area contributed by atoms with Crippen LogP contribution in [0.4, 0.5) is 10.5 Å². The van der Waals surface area contributed by atoms with E-state index in [0.717, 1.165) is 11.3 Å². The lowest BCUT2D eigenvalue weighted by molar-refractivity contribution is 0.0942. The van der Waals surface area contributed by atoms with Gasteiger partial charge in [-0.3, -0.25) is 10.2 Å². The third kappa shape index (κ3) is 4.37. The van der Waals surface area contributed by atoms with E-state index in [4.69, 9.17) is 16.3 Å². The molecule has 1 aromatic heterocycles. The zero-order valence-electron chi connectivity index (χ0n) is 11.0. The molecule has 8 heteroatoms. The van der Waals surface area contributed by atoms with Crippen molar-refractivity contribution in [3.8, 4) is 5.75 Å². The van der Waals surface area contributed by atoms with Gasteiger partial charge in [0.05, 0.1) is 16.3 Å². The zero-order valence-corrected chi connectivity index (χ0v) is 12.5. The first-order valence-electron chi connectivity index (χ1n) is 5.85. The number of methoxy groups -OCH3 is 1. The van der Waals surface area contributed by atoms with Gasteiger partial charge in [0, 0.05) is 5.69 Å². The fourth-order valence-corrected chi connectivity index (χ4v) is 2.39. The molecule has 6 nitrogen and oxygen atoms in total. The van der Waals surface area contributed by atoms with Crippen LogP contribution in [0.2, 0.25) is 4.34 Å². The first-order chi connectivity index (χ1) is 10.1. The summed E-state index contributed by atoms with van der Waals surface area (Å²) in [7, 11) is 1.56. The number of amides is 3. The van der Waals surface area contributed by atoms with Crippen molar-refractivity contribution in [3.05, 3.63) is 45.6 Å². The molecule has 0 radical (unpaired) electrons. The fourth-order valence-electron chi connectivity index (χ4n) is 1.45. The molecule has 0 saturated carbocycles. The van der Waals surface area contributed by atoms with Crippen LogP contribution < -0.4 is 20.9 Å². The summed E-state index contributed by atoms with van der Waals surface area (Å²) in [5, 5.41) is 2.56. The lowest BCUT2D eigenvalue weighted by Crippen LogP contribution is -2.43. The Labute approximate surface area is 130 Å². The zero-order chi connectivity index (χ0) is 15.2. The maximum atomic E-state index is 11.7. The highest BCUT2D eigenvalue weighted by atomic mass is 35.5. The summed E-state index contributed by atoms with van der Waals surface area (Å²) < 4.78 is 5.51. The first-order valence-corrected chi connectivity index (χ1v) is 7.04. The lowest BCUT2D eigenvalue weighted by atomic mass is 10.3. The molecule has 0 spiro atoms. The van der Waals surface area contributed by atoms with Crippen LogP contribution >= 0.6 is 22.9 Å². The molecule has 0 aliphatic rings. The molecule has 1 heterocycles. The van der Waals surface area contributed by atoms with E-state index < -0.39 is 11.9 Å². The summed E-state index contributed by atoms with van der Waals surface area (Å²) in [5.74, 6) is 0.251. The molecule has 2 aromatic rings. The second-order valence-corrected chi connectivity index (χ2v) is 5.58. The van der Waals surface area contributed by atoms with Gasteiger partial charge in [-0.05, 0) is 36.4 Å². The Morgan fingerprint density at radius 3 is 2.38 bits per heavy atom. The molecule has 0 aliphatic carbocycles. The van der Waals surface area contributed by atoms with Crippen molar-refractivity contribution in [2.75, 3.05) is 12.4 Å². The summed E-state index contributed by atoms with van der Waals surface area (Å²) in [4.78, 5) is 23.7. The quantitative estimate of drug-likeness (QED) is 0.759. The molecular weight excluding hydrogens is 314 g/mol. The minimum Gasteiger partial charge on any atom is -0.497 e. The Hall–Kier alpha value is -2.25. The SMILES string of the molecule is COc1ccc(NC(=O)NNC(=O)c2ccc(Cl)s2)cc1. The fraction of sp³-hybridized carbons (Fsp3) is 0.0769. The molecule has 0 atom stereocenters. The minimum absolute atomic E-state index is 0.407. The molecule has 0 unspecified atom stereocenters. The van der Waals surface area contributed by atoms with E-state index in [1.807, 2.05) is 0 Å². The number of rotatable bonds is 3. The van der Waals surface area contributed by atoms with Crippen LogP contribution in [0.15, 0.2) is 36.4 Å². The van der Waals surface area contributed by atoms with E-state index in [1.165, 1.54) is 0 Å². The molecule has 0 fully saturated rings. The van der Waals surface area contributed by atoms with Crippen LogP contribution in [0, 0.1) is 0 Å². The minimum atomic E-state index is -0.559. The number of ether oxygens (including phenoxy) is 1. The summed E-state index contributed by atoms with van der Waals surface area (Å²) >= 11 is 6.85. The van der Waals surface area contributed by atoms with Gasteiger partial charge in [-0.15, -0.1) is 11.3 Å². The van der Waals surface area contributed by atoms with Gasteiger partial charge < -0.3 is 10.1 Å². The number of hydrazine groups is 1. The maximum Gasteiger partial charge on any atom is 0.337 e. The maximum absolute atomic E-state index is 11.7. The van der Waals surface area contributed by atoms with E-state index in [0.29, 0.717) is 20.7 Å². The lowest BCUT2D eigenvalue weighted by Gasteiger charge is -2.08. The van der Waals surface area contributed by atoms with Crippen molar-refractivity contribution in [1.29, 1.82) is 0 Å². The number of hydrogen-bond acceptors (Lipinski definition) is 4. The number of hydrogen-bond donors (Lipinski definition) is 3. The number of nitrogens with one attached hydrogen (secondary N) is 3. The van der Waals surface area contributed by atoms with Gasteiger partial charge in [-0.2, -0.15) is 0 Å². The van der Waals surface area contributed by atoms with Gasteiger partial charge in [0.1, 0.15) is 5.75 Å². The Morgan fingerprint density at radius 1 is 1.10 bits per heavy atom. The Morgan fingerprint density at radius 2 is 1.81 bits per heavy atom. The summed E-state index contributed by atoms with van der Waals surface area (Å²) in [5.41, 5.74) is 5.10. The van der Waals surface area contributed by atoms with Crippen molar-refractivity contribution in [1.82, 2.24) is 10.9 Å². The molecule has 0 bridgehead atoms. The number of carbonyl (C=O) groups is 2. The van der Waals surface area contributed by atoms with E-state index in [2.05, 4.69) is 16.2 Å². The predicted octanol–water partition coefficient (Wildman–Crippen LogP) is 2.88. The highest BCUT2D eigenvalue weighted by Gasteiger charge is 2.09. The van der Waals surface area contributed by atoms with Crippen LogP contribution in [-0.2, 0) is 0 Å². The third-order valence-corrected chi connectivity index (χ3v) is 3.66. The average Bonchev–Trinajstić information content (AvgIpc) is 2.92. The molecule has 21 heavy (non-hydrogen) atoms. The van der Waals surface area contributed by atoms with Crippen LogP contribution in [0.5, 0.6) is 5.75 Å². The second-order valence-electron chi connectivity index (χ2n) is 3.87. The molecular formula is C13H12ClN3O3S. The van der Waals surface area contributed by atoms with Gasteiger partial charge in [-0.1, -0.05) is 11.6 Å². The van der Waals surface area contributed by atoms with Crippen molar-refractivity contribution in [3.63, 3.8) is 0 Å². The normalized spacial score (nSPS) is 9.81. The van der Waals surface area contributed by atoms with Crippen LogP contribution in [-0.4, -0.2) is 19.0 Å². The van der Waals surface area contributed by atoms with Gasteiger partial charge in [0.2, 0.25) is 0 Å². The predicted molar refractivity (Wildman–Crippen MR) is 81.9 cm³/mol. The number of halogens is 1.